The van der Waals surface area contributed by atoms with Crippen molar-refractivity contribution in [3.63, 3.8) is 0 Å². The lowest BCUT2D eigenvalue weighted by Gasteiger charge is -2.40. The summed E-state index contributed by atoms with van der Waals surface area (Å²) in [6.07, 6.45) is 4.93. The van der Waals surface area contributed by atoms with Gasteiger partial charge in [-0.15, -0.1) is 0 Å². The number of nitrogens with zero attached hydrogens (tertiary/aromatic N) is 1. The highest BCUT2D eigenvalue weighted by Gasteiger charge is 2.33. The van der Waals surface area contributed by atoms with E-state index in [4.69, 9.17) is 0 Å². The summed E-state index contributed by atoms with van der Waals surface area (Å²) in [6.45, 7) is 6.73. The standard InChI is InChI=1S/C16H22FNO/c1-13-12-18(11-9-16(13,2)19)10-3-4-14-5-7-15(17)8-6-14/h3-8,13,19H,9-12H2,1-2H3/t13-,16+/m1/s1. The summed E-state index contributed by atoms with van der Waals surface area (Å²) in [4.78, 5) is 2.34. The lowest BCUT2D eigenvalue weighted by molar-refractivity contribution is -0.0479. The number of piperidine rings is 1. The summed E-state index contributed by atoms with van der Waals surface area (Å²) in [7, 11) is 0. The van der Waals surface area contributed by atoms with Gasteiger partial charge in [0.05, 0.1) is 5.60 Å². The fourth-order valence-corrected chi connectivity index (χ4v) is 2.38. The van der Waals surface area contributed by atoms with Gasteiger partial charge in [-0.05, 0) is 37.0 Å². The molecule has 1 aliphatic rings. The van der Waals surface area contributed by atoms with Crippen molar-refractivity contribution >= 4 is 6.08 Å². The molecule has 1 saturated heterocycles. The molecule has 1 aromatic rings. The average Bonchev–Trinajstić information content (AvgIpc) is 2.36. The van der Waals surface area contributed by atoms with Gasteiger partial charge in [0.25, 0.3) is 0 Å². The number of hydrogen-bond donors (Lipinski definition) is 1. The Bertz CT molecular complexity index is 439. The van der Waals surface area contributed by atoms with Gasteiger partial charge in [0.2, 0.25) is 0 Å². The minimum Gasteiger partial charge on any atom is -0.390 e. The van der Waals surface area contributed by atoms with Gasteiger partial charge in [-0.25, -0.2) is 4.39 Å². The molecule has 0 unspecified atom stereocenters. The molecule has 2 atom stereocenters. The van der Waals surface area contributed by atoms with Crippen LogP contribution >= 0.6 is 0 Å². The molecule has 2 nitrogen and oxygen atoms in total. The van der Waals surface area contributed by atoms with Crippen LogP contribution in [0.25, 0.3) is 6.08 Å². The predicted octanol–water partition coefficient (Wildman–Crippen LogP) is 2.93. The van der Waals surface area contributed by atoms with Crippen LogP contribution in [0, 0.1) is 11.7 Å². The maximum Gasteiger partial charge on any atom is 0.123 e. The minimum atomic E-state index is -0.531. The minimum absolute atomic E-state index is 0.204. The molecule has 2 rings (SSSR count). The fourth-order valence-electron chi connectivity index (χ4n) is 2.38. The van der Waals surface area contributed by atoms with Gasteiger partial charge in [-0.2, -0.15) is 0 Å². The van der Waals surface area contributed by atoms with Crippen LogP contribution in [0.1, 0.15) is 25.8 Å². The first-order valence-electron chi connectivity index (χ1n) is 6.84. The third-order valence-electron chi connectivity index (χ3n) is 4.07. The van der Waals surface area contributed by atoms with Gasteiger partial charge in [0.1, 0.15) is 5.82 Å². The zero-order chi connectivity index (χ0) is 13.9. The third-order valence-corrected chi connectivity index (χ3v) is 4.07. The molecule has 0 amide bonds. The Morgan fingerprint density at radius 1 is 1.42 bits per heavy atom. The second kappa shape index (κ2) is 5.85. The second-order valence-corrected chi connectivity index (χ2v) is 5.72. The molecule has 0 radical (unpaired) electrons. The van der Waals surface area contributed by atoms with Crippen molar-refractivity contribution in [1.29, 1.82) is 0 Å². The first-order valence-corrected chi connectivity index (χ1v) is 6.84. The summed E-state index contributed by atoms with van der Waals surface area (Å²) >= 11 is 0. The highest BCUT2D eigenvalue weighted by atomic mass is 19.1. The molecule has 19 heavy (non-hydrogen) atoms. The van der Waals surface area contributed by atoms with E-state index in [0.717, 1.165) is 31.6 Å². The van der Waals surface area contributed by atoms with Crippen molar-refractivity contribution in [1.82, 2.24) is 4.90 Å². The number of benzene rings is 1. The fraction of sp³-hybridized carbons (Fsp3) is 0.500. The molecule has 104 valence electrons. The monoisotopic (exact) mass is 263 g/mol. The topological polar surface area (TPSA) is 23.5 Å². The number of rotatable bonds is 3. The van der Waals surface area contributed by atoms with Gasteiger partial charge in [-0.3, -0.25) is 4.90 Å². The van der Waals surface area contributed by atoms with Crippen LogP contribution in [0.3, 0.4) is 0 Å². The van der Waals surface area contributed by atoms with E-state index in [9.17, 15) is 9.50 Å². The van der Waals surface area contributed by atoms with Crippen LogP contribution in [0.4, 0.5) is 4.39 Å². The van der Waals surface area contributed by atoms with E-state index < -0.39 is 5.60 Å². The Balaban J connectivity index is 1.84. The van der Waals surface area contributed by atoms with Crippen LogP contribution in [0.2, 0.25) is 0 Å². The first kappa shape index (κ1) is 14.2. The van der Waals surface area contributed by atoms with E-state index in [1.807, 2.05) is 13.0 Å². The summed E-state index contributed by atoms with van der Waals surface area (Å²) in [5.41, 5.74) is 0.482. The molecule has 1 N–H and O–H groups in total. The molecule has 1 fully saturated rings. The van der Waals surface area contributed by atoms with Crippen molar-refractivity contribution in [2.24, 2.45) is 5.92 Å². The molecular weight excluding hydrogens is 241 g/mol. The van der Waals surface area contributed by atoms with E-state index >= 15 is 0 Å². The van der Waals surface area contributed by atoms with Crippen molar-refractivity contribution in [3.05, 3.63) is 41.7 Å². The van der Waals surface area contributed by atoms with E-state index in [1.54, 1.807) is 12.1 Å². The normalized spacial score (nSPS) is 28.9. The summed E-state index contributed by atoms with van der Waals surface area (Å²) in [5.74, 6) is 0.0877. The van der Waals surface area contributed by atoms with E-state index in [2.05, 4.69) is 17.9 Å². The lowest BCUT2D eigenvalue weighted by Crippen LogP contribution is -2.48. The van der Waals surface area contributed by atoms with Crippen molar-refractivity contribution < 1.29 is 9.50 Å². The van der Waals surface area contributed by atoms with E-state index in [-0.39, 0.29) is 5.82 Å². The van der Waals surface area contributed by atoms with Crippen LogP contribution < -0.4 is 0 Å². The Morgan fingerprint density at radius 2 is 2.11 bits per heavy atom. The number of hydrogen-bond acceptors (Lipinski definition) is 2. The van der Waals surface area contributed by atoms with Crippen LogP contribution in [0.5, 0.6) is 0 Å². The molecule has 0 spiro atoms. The first-order chi connectivity index (χ1) is 8.97. The van der Waals surface area contributed by atoms with Gasteiger partial charge >= 0.3 is 0 Å². The second-order valence-electron chi connectivity index (χ2n) is 5.72. The molecule has 1 aromatic carbocycles. The van der Waals surface area contributed by atoms with Crippen molar-refractivity contribution in [3.8, 4) is 0 Å². The predicted molar refractivity (Wildman–Crippen MR) is 76.3 cm³/mol. The Labute approximate surface area is 114 Å². The molecule has 0 saturated carbocycles. The Morgan fingerprint density at radius 3 is 2.74 bits per heavy atom. The zero-order valence-corrected chi connectivity index (χ0v) is 11.6. The maximum atomic E-state index is 12.8. The average molecular weight is 263 g/mol. The molecule has 1 heterocycles. The summed E-state index contributed by atoms with van der Waals surface area (Å²) in [5, 5.41) is 10.1. The van der Waals surface area contributed by atoms with Gasteiger partial charge in [0, 0.05) is 19.6 Å². The number of halogens is 1. The molecule has 0 aliphatic carbocycles. The number of likely N-dealkylation sites (tertiary alicyclic amines) is 1. The quantitative estimate of drug-likeness (QED) is 0.906. The molecule has 0 bridgehead atoms. The molecule has 1 aliphatic heterocycles. The maximum absolute atomic E-state index is 12.8. The van der Waals surface area contributed by atoms with Crippen LogP contribution in [-0.2, 0) is 0 Å². The largest absolute Gasteiger partial charge is 0.390 e. The summed E-state index contributed by atoms with van der Waals surface area (Å²) < 4.78 is 12.8. The van der Waals surface area contributed by atoms with Gasteiger partial charge in [0.15, 0.2) is 0 Å². The van der Waals surface area contributed by atoms with Crippen molar-refractivity contribution in [2.45, 2.75) is 25.9 Å². The highest BCUT2D eigenvalue weighted by Crippen LogP contribution is 2.26. The number of aliphatic hydroxyl groups is 1. The molecule has 0 aromatic heterocycles. The smallest absolute Gasteiger partial charge is 0.123 e. The lowest BCUT2D eigenvalue weighted by atomic mass is 9.84. The van der Waals surface area contributed by atoms with Crippen LogP contribution in [0.15, 0.2) is 30.3 Å². The van der Waals surface area contributed by atoms with Gasteiger partial charge < -0.3 is 5.11 Å². The highest BCUT2D eigenvalue weighted by molar-refractivity contribution is 5.48. The zero-order valence-electron chi connectivity index (χ0n) is 11.6. The molecular formula is C16H22FNO. The summed E-state index contributed by atoms with van der Waals surface area (Å²) in [6, 6.07) is 6.49. The van der Waals surface area contributed by atoms with Gasteiger partial charge in [-0.1, -0.05) is 31.2 Å². The SMILES string of the molecule is C[C@@H]1CN(CC=Cc2ccc(F)cc2)CC[C@]1(C)O. The Hall–Kier alpha value is -1.19. The van der Waals surface area contributed by atoms with Crippen molar-refractivity contribution in [2.75, 3.05) is 19.6 Å². The van der Waals surface area contributed by atoms with E-state index in [0.29, 0.717) is 5.92 Å². The molecule has 3 heteroatoms. The Kier molecular flexibility index (Phi) is 4.38. The third kappa shape index (κ3) is 3.88. The van der Waals surface area contributed by atoms with E-state index in [1.165, 1.54) is 12.1 Å². The van der Waals surface area contributed by atoms with Crippen LogP contribution in [-0.4, -0.2) is 35.2 Å².